The number of hydrogen-bond donors (Lipinski definition) is 4. The molecular weight excluding hydrogens is 328 g/mol. The van der Waals surface area contributed by atoms with Crippen LogP contribution in [-0.4, -0.2) is 58.9 Å². The van der Waals surface area contributed by atoms with Gasteiger partial charge in [-0.05, 0) is 0 Å². The fourth-order valence-electron chi connectivity index (χ4n) is 1.77. The van der Waals surface area contributed by atoms with Crippen molar-refractivity contribution in [2.24, 2.45) is 11.3 Å². The molecule has 0 spiro atoms. The summed E-state index contributed by atoms with van der Waals surface area (Å²) in [5, 5.41) is 24.0. The highest BCUT2D eigenvalue weighted by molar-refractivity contribution is 5.91. The lowest BCUT2D eigenvalue weighted by Gasteiger charge is -2.19. The number of amides is 2. The maximum Gasteiger partial charge on any atom is 0.252 e. The minimum atomic E-state index is -1.95. The first-order valence-corrected chi connectivity index (χ1v) is 8.35. The zero-order valence-electron chi connectivity index (χ0n) is 15.6. The molecule has 0 aromatic heterocycles. The Morgan fingerprint density at radius 3 is 1.60 bits per heavy atom. The van der Waals surface area contributed by atoms with Crippen molar-refractivity contribution >= 4 is 23.4 Å². The predicted octanol–water partition coefficient (Wildman–Crippen LogP) is -0.439. The molecule has 4 N–H and O–H groups in total. The molecule has 144 valence electrons. The first-order chi connectivity index (χ1) is 11.4. The van der Waals surface area contributed by atoms with E-state index in [-0.39, 0.29) is 43.4 Å². The summed E-state index contributed by atoms with van der Waals surface area (Å²) >= 11 is 0. The summed E-state index contributed by atoms with van der Waals surface area (Å²) in [4.78, 5) is 46.6. The van der Waals surface area contributed by atoms with Crippen LogP contribution in [-0.2, 0) is 19.2 Å². The summed E-state index contributed by atoms with van der Waals surface area (Å²) < 4.78 is 0. The van der Waals surface area contributed by atoms with Crippen molar-refractivity contribution in [2.75, 3.05) is 13.1 Å². The number of carbonyl (C=O) groups excluding carboxylic acids is 4. The van der Waals surface area contributed by atoms with Gasteiger partial charge in [-0.15, -0.1) is 0 Å². The first-order valence-electron chi connectivity index (χ1n) is 8.35. The molecule has 0 radical (unpaired) electrons. The number of ketones is 2. The van der Waals surface area contributed by atoms with Crippen LogP contribution in [0.5, 0.6) is 0 Å². The summed E-state index contributed by atoms with van der Waals surface area (Å²) in [6, 6.07) is 0. The van der Waals surface area contributed by atoms with Gasteiger partial charge in [-0.3, -0.25) is 19.2 Å². The van der Waals surface area contributed by atoms with Crippen LogP contribution < -0.4 is 10.6 Å². The second-order valence-corrected chi connectivity index (χ2v) is 7.27. The molecule has 25 heavy (non-hydrogen) atoms. The van der Waals surface area contributed by atoms with E-state index in [1.165, 1.54) is 0 Å². The minimum absolute atomic E-state index is 0.00320. The van der Waals surface area contributed by atoms with Crippen molar-refractivity contribution in [3.05, 3.63) is 0 Å². The van der Waals surface area contributed by atoms with E-state index < -0.39 is 29.4 Å². The highest BCUT2D eigenvalue weighted by atomic mass is 16.3. The molecule has 0 bridgehead atoms. The molecule has 2 amide bonds. The quantitative estimate of drug-likeness (QED) is 0.418. The molecule has 0 aromatic rings. The molecule has 0 unspecified atom stereocenters. The second-order valence-electron chi connectivity index (χ2n) is 7.27. The van der Waals surface area contributed by atoms with Crippen LogP contribution in [0.15, 0.2) is 0 Å². The van der Waals surface area contributed by atoms with E-state index in [2.05, 4.69) is 10.6 Å². The number of aliphatic hydroxyl groups excluding tert-OH is 2. The first kappa shape index (κ1) is 23.2. The number of hydrogen-bond acceptors (Lipinski definition) is 6. The zero-order chi connectivity index (χ0) is 19.8. The summed E-state index contributed by atoms with van der Waals surface area (Å²) in [6.45, 7) is 8.75. The van der Waals surface area contributed by atoms with Crippen molar-refractivity contribution in [3.63, 3.8) is 0 Å². The monoisotopic (exact) mass is 358 g/mol. The van der Waals surface area contributed by atoms with Gasteiger partial charge in [0, 0.05) is 37.3 Å². The van der Waals surface area contributed by atoms with Crippen molar-refractivity contribution in [1.82, 2.24) is 10.6 Å². The summed E-state index contributed by atoms with van der Waals surface area (Å²) in [7, 11) is 0. The molecular formula is C17H30N2O6. The Balaban J connectivity index is 4.27. The van der Waals surface area contributed by atoms with Gasteiger partial charge in [-0.1, -0.05) is 34.6 Å². The number of nitrogens with one attached hydrogen (secondary N) is 2. The summed E-state index contributed by atoms with van der Waals surface area (Å²) in [5.74, 6) is -2.14. The largest absolute Gasteiger partial charge is 0.380 e. The Morgan fingerprint density at radius 2 is 1.24 bits per heavy atom. The molecule has 0 fully saturated rings. The van der Waals surface area contributed by atoms with Crippen LogP contribution in [0.2, 0.25) is 0 Å². The second kappa shape index (κ2) is 10.2. The predicted molar refractivity (Wildman–Crippen MR) is 91.6 cm³/mol. The highest BCUT2D eigenvalue weighted by Crippen LogP contribution is 2.15. The summed E-state index contributed by atoms with van der Waals surface area (Å²) in [5.41, 5.74) is -0.532. The van der Waals surface area contributed by atoms with E-state index in [4.69, 9.17) is 0 Å². The Morgan fingerprint density at radius 1 is 0.840 bits per heavy atom. The van der Waals surface area contributed by atoms with Crippen molar-refractivity contribution < 1.29 is 29.4 Å². The number of Topliss-reactive ketones (excluding diaryl/α,β-unsaturated/α-hetero) is 2. The van der Waals surface area contributed by atoms with E-state index >= 15 is 0 Å². The SMILES string of the molecule is CC(C)C(=O)CCNC(=O)[C@H](O)[C@@H](O)C(=O)NCCC(=O)C(C)(C)C. The minimum Gasteiger partial charge on any atom is -0.380 e. The highest BCUT2D eigenvalue weighted by Gasteiger charge is 2.30. The molecule has 0 aliphatic heterocycles. The van der Waals surface area contributed by atoms with Gasteiger partial charge in [-0.2, -0.15) is 0 Å². The third kappa shape index (κ3) is 8.74. The molecule has 0 saturated heterocycles. The Labute approximate surface area is 148 Å². The third-order valence-corrected chi connectivity index (χ3v) is 3.64. The maximum absolute atomic E-state index is 11.7. The fraction of sp³-hybridized carbons (Fsp3) is 0.765. The van der Waals surface area contributed by atoms with E-state index in [1.54, 1.807) is 34.6 Å². The molecule has 8 heteroatoms. The van der Waals surface area contributed by atoms with E-state index in [1.807, 2.05) is 0 Å². The van der Waals surface area contributed by atoms with Crippen LogP contribution in [0.1, 0.15) is 47.5 Å². The van der Waals surface area contributed by atoms with Gasteiger partial charge in [0.25, 0.3) is 11.8 Å². The van der Waals surface area contributed by atoms with Crippen LogP contribution in [0.25, 0.3) is 0 Å². The fourth-order valence-corrected chi connectivity index (χ4v) is 1.77. The van der Waals surface area contributed by atoms with Gasteiger partial charge in [0.2, 0.25) is 0 Å². The van der Waals surface area contributed by atoms with E-state index in [0.29, 0.717) is 0 Å². The van der Waals surface area contributed by atoms with Crippen LogP contribution in [0.4, 0.5) is 0 Å². The van der Waals surface area contributed by atoms with Gasteiger partial charge >= 0.3 is 0 Å². The molecule has 0 saturated carbocycles. The van der Waals surface area contributed by atoms with Gasteiger partial charge in [0.1, 0.15) is 11.6 Å². The Hall–Kier alpha value is -1.80. The maximum atomic E-state index is 11.7. The van der Waals surface area contributed by atoms with Gasteiger partial charge in [0.05, 0.1) is 0 Å². The lowest BCUT2D eigenvalue weighted by atomic mass is 9.89. The van der Waals surface area contributed by atoms with Gasteiger partial charge in [-0.25, -0.2) is 0 Å². The lowest BCUT2D eigenvalue weighted by molar-refractivity contribution is -0.146. The molecule has 0 aliphatic rings. The molecule has 0 aliphatic carbocycles. The number of aliphatic hydroxyl groups is 2. The van der Waals surface area contributed by atoms with Crippen LogP contribution in [0.3, 0.4) is 0 Å². The smallest absolute Gasteiger partial charge is 0.252 e. The van der Waals surface area contributed by atoms with Crippen molar-refractivity contribution in [3.8, 4) is 0 Å². The Bertz CT molecular complexity index is 496. The molecule has 8 nitrogen and oxygen atoms in total. The number of rotatable bonds is 10. The average molecular weight is 358 g/mol. The molecule has 0 aromatic carbocycles. The number of carbonyl (C=O) groups is 4. The van der Waals surface area contributed by atoms with Crippen LogP contribution >= 0.6 is 0 Å². The third-order valence-electron chi connectivity index (χ3n) is 3.64. The normalized spacial score (nSPS) is 13.9. The Kier molecular flexibility index (Phi) is 9.51. The van der Waals surface area contributed by atoms with E-state index in [0.717, 1.165) is 0 Å². The molecule has 0 rings (SSSR count). The van der Waals surface area contributed by atoms with Crippen molar-refractivity contribution in [2.45, 2.75) is 59.7 Å². The van der Waals surface area contributed by atoms with Gasteiger partial charge < -0.3 is 20.8 Å². The topological polar surface area (TPSA) is 133 Å². The zero-order valence-corrected chi connectivity index (χ0v) is 15.6. The molecule has 2 atom stereocenters. The molecule has 0 heterocycles. The van der Waals surface area contributed by atoms with Crippen LogP contribution in [0, 0.1) is 11.3 Å². The summed E-state index contributed by atoms with van der Waals surface area (Å²) in [6.07, 6.45) is -3.72. The standard InChI is InChI=1S/C17H30N2O6/c1-10(2)11(20)6-8-18-15(24)13(22)14(23)16(25)19-9-7-12(21)17(3,4)5/h10,13-14,22-23H,6-9H2,1-5H3,(H,18,24)(H,19,25)/t13-,14-/m1/s1. The van der Waals surface area contributed by atoms with Crippen molar-refractivity contribution in [1.29, 1.82) is 0 Å². The lowest BCUT2D eigenvalue weighted by Crippen LogP contribution is -2.50. The van der Waals surface area contributed by atoms with Gasteiger partial charge in [0.15, 0.2) is 12.2 Å². The average Bonchev–Trinajstić information content (AvgIpc) is 2.51. The van der Waals surface area contributed by atoms with E-state index in [9.17, 15) is 29.4 Å².